The van der Waals surface area contributed by atoms with E-state index in [1.54, 1.807) is 0 Å². The Morgan fingerprint density at radius 1 is 1.53 bits per heavy atom. The molecule has 0 aromatic carbocycles. The standard InChI is InChI=1S/C13H23N5O/c1-2-14-13(9-19)4-3-11(7-13)17-5-6-18-10-15-16-12(18)8-17/h10-11,14,19H,2-9H2,1H3. The monoisotopic (exact) mass is 265 g/mol. The Kier molecular flexibility index (Phi) is 3.56. The molecule has 1 saturated carbocycles. The molecule has 0 radical (unpaired) electrons. The first-order valence-corrected chi connectivity index (χ1v) is 7.23. The van der Waals surface area contributed by atoms with Gasteiger partial charge in [-0.1, -0.05) is 6.92 Å². The molecule has 0 spiro atoms. The van der Waals surface area contributed by atoms with Crippen molar-refractivity contribution in [3.8, 4) is 0 Å². The largest absolute Gasteiger partial charge is 0.394 e. The topological polar surface area (TPSA) is 66.2 Å². The van der Waals surface area contributed by atoms with E-state index in [1.807, 2.05) is 6.33 Å². The van der Waals surface area contributed by atoms with Gasteiger partial charge < -0.3 is 15.0 Å². The Morgan fingerprint density at radius 3 is 3.21 bits per heavy atom. The van der Waals surface area contributed by atoms with Gasteiger partial charge in [-0.15, -0.1) is 10.2 Å². The molecule has 0 saturated heterocycles. The fourth-order valence-corrected chi connectivity index (χ4v) is 3.54. The molecule has 2 N–H and O–H groups in total. The van der Waals surface area contributed by atoms with E-state index in [0.29, 0.717) is 6.04 Å². The summed E-state index contributed by atoms with van der Waals surface area (Å²) in [6, 6.07) is 0.552. The smallest absolute Gasteiger partial charge is 0.147 e. The van der Waals surface area contributed by atoms with Crippen molar-refractivity contribution in [3.05, 3.63) is 12.2 Å². The van der Waals surface area contributed by atoms with Gasteiger partial charge in [-0.3, -0.25) is 4.90 Å². The van der Waals surface area contributed by atoms with E-state index in [9.17, 15) is 5.11 Å². The van der Waals surface area contributed by atoms with Gasteiger partial charge in [-0.05, 0) is 25.8 Å². The molecule has 6 heteroatoms. The highest BCUT2D eigenvalue weighted by molar-refractivity contribution is 5.01. The second kappa shape index (κ2) is 5.19. The van der Waals surface area contributed by atoms with Crippen LogP contribution in [0.4, 0.5) is 0 Å². The maximum absolute atomic E-state index is 9.68. The molecule has 0 bridgehead atoms. The van der Waals surface area contributed by atoms with Crippen LogP contribution in [0.1, 0.15) is 32.0 Å². The Bertz CT molecular complexity index is 434. The van der Waals surface area contributed by atoms with Crippen LogP contribution in [0.25, 0.3) is 0 Å². The third-order valence-electron chi connectivity index (χ3n) is 4.62. The minimum Gasteiger partial charge on any atom is -0.394 e. The number of rotatable bonds is 4. The zero-order chi connectivity index (χ0) is 13.3. The van der Waals surface area contributed by atoms with Crippen LogP contribution in [0.2, 0.25) is 0 Å². The molecule has 2 heterocycles. The molecular formula is C13H23N5O. The van der Waals surface area contributed by atoms with Crippen molar-refractivity contribution in [1.82, 2.24) is 25.0 Å². The Morgan fingerprint density at radius 2 is 2.42 bits per heavy atom. The lowest BCUT2D eigenvalue weighted by Crippen LogP contribution is -2.48. The first-order valence-electron chi connectivity index (χ1n) is 7.23. The fraction of sp³-hybridized carbons (Fsp3) is 0.846. The number of fused-ring (bicyclic) bond motifs is 1. The maximum atomic E-state index is 9.68. The molecule has 6 nitrogen and oxygen atoms in total. The minimum atomic E-state index is -0.0649. The molecule has 19 heavy (non-hydrogen) atoms. The first kappa shape index (κ1) is 13.0. The molecule has 3 rings (SSSR count). The van der Waals surface area contributed by atoms with Crippen LogP contribution in [-0.4, -0.2) is 56.0 Å². The van der Waals surface area contributed by atoms with Crippen molar-refractivity contribution >= 4 is 0 Å². The third-order valence-corrected chi connectivity index (χ3v) is 4.62. The van der Waals surface area contributed by atoms with E-state index in [2.05, 4.69) is 31.9 Å². The normalized spacial score (nSPS) is 31.6. The number of nitrogens with zero attached hydrogens (tertiary/aromatic N) is 4. The van der Waals surface area contributed by atoms with Crippen molar-refractivity contribution < 1.29 is 5.11 Å². The van der Waals surface area contributed by atoms with Crippen molar-refractivity contribution in [2.45, 2.75) is 50.9 Å². The zero-order valence-corrected chi connectivity index (χ0v) is 11.5. The molecule has 2 unspecified atom stereocenters. The Balaban J connectivity index is 1.66. The van der Waals surface area contributed by atoms with Gasteiger partial charge in [0.25, 0.3) is 0 Å². The summed E-state index contributed by atoms with van der Waals surface area (Å²) >= 11 is 0. The van der Waals surface area contributed by atoms with Crippen LogP contribution in [0.3, 0.4) is 0 Å². The van der Waals surface area contributed by atoms with Crippen LogP contribution in [-0.2, 0) is 13.1 Å². The first-order chi connectivity index (χ1) is 9.26. The highest BCUT2D eigenvalue weighted by Crippen LogP contribution is 2.34. The van der Waals surface area contributed by atoms with Crippen molar-refractivity contribution in [3.63, 3.8) is 0 Å². The average Bonchev–Trinajstić information content (AvgIpc) is 3.05. The predicted molar refractivity (Wildman–Crippen MR) is 71.6 cm³/mol. The van der Waals surface area contributed by atoms with E-state index in [0.717, 1.165) is 51.3 Å². The van der Waals surface area contributed by atoms with Gasteiger partial charge in [0.2, 0.25) is 0 Å². The molecule has 2 atom stereocenters. The summed E-state index contributed by atoms with van der Waals surface area (Å²) < 4.78 is 2.13. The number of aliphatic hydroxyl groups excluding tert-OH is 1. The van der Waals surface area contributed by atoms with E-state index in [-0.39, 0.29) is 12.1 Å². The van der Waals surface area contributed by atoms with Crippen LogP contribution in [0, 0.1) is 0 Å². The summed E-state index contributed by atoms with van der Waals surface area (Å²) in [5, 5.41) is 21.3. The van der Waals surface area contributed by atoms with E-state index in [4.69, 9.17) is 0 Å². The molecule has 106 valence electrons. The van der Waals surface area contributed by atoms with Crippen LogP contribution >= 0.6 is 0 Å². The molecule has 1 aliphatic carbocycles. The highest BCUT2D eigenvalue weighted by Gasteiger charge is 2.40. The molecule has 1 aliphatic heterocycles. The second-order valence-electron chi connectivity index (χ2n) is 5.78. The van der Waals surface area contributed by atoms with Gasteiger partial charge in [0.15, 0.2) is 0 Å². The number of hydrogen-bond acceptors (Lipinski definition) is 5. The van der Waals surface area contributed by atoms with Gasteiger partial charge in [0, 0.05) is 24.7 Å². The van der Waals surface area contributed by atoms with Gasteiger partial charge in [-0.25, -0.2) is 0 Å². The van der Waals surface area contributed by atoms with Crippen LogP contribution < -0.4 is 5.32 Å². The predicted octanol–water partition coefficient (Wildman–Crippen LogP) is -0.0132. The van der Waals surface area contributed by atoms with Gasteiger partial charge in [-0.2, -0.15) is 0 Å². The lowest BCUT2D eigenvalue weighted by Gasteiger charge is -2.34. The maximum Gasteiger partial charge on any atom is 0.147 e. The lowest BCUT2D eigenvalue weighted by molar-refractivity contribution is 0.126. The van der Waals surface area contributed by atoms with Crippen molar-refractivity contribution in [2.75, 3.05) is 19.7 Å². The summed E-state index contributed by atoms with van der Waals surface area (Å²) in [6.07, 6.45) is 5.07. The van der Waals surface area contributed by atoms with E-state index < -0.39 is 0 Å². The summed E-state index contributed by atoms with van der Waals surface area (Å²) in [5.74, 6) is 1.07. The van der Waals surface area contributed by atoms with Gasteiger partial charge in [0.1, 0.15) is 12.2 Å². The molecule has 1 aromatic rings. The van der Waals surface area contributed by atoms with E-state index in [1.165, 1.54) is 0 Å². The highest BCUT2D eigenvalue weighted by atomic mass is 16.3. The summed E-state index contributed by atoms with van der Waals surface area (Å²) in [5.41, 5.74) is -0.0649. The number of aliphatic hydroxyl groups is 1. The average molecular weight is 265 g/mol. The van der Waals surface area contributed by atoms with Crippen LogP contribution in [0.15, 0.2) is 6.33 Å². The Labute approximate surface area is 113 Å². The van der Waals surface area contributed by atoms with E-state index >= 15 is 0 Å². The second-order valence-corrected chi connectivity index (χ2v) is 5.78. The summed E-state index contributed by atoms with van der Waals surface area (Å²) in [4.78, 5) is 2.50. The van der Waals surface area contributed by atoms with Crippen molar-refractivity contribution in [1.29, 1.82) is 0 Å². The number of nitrogens with one attached hydrogen (secondary N) is 1. The SMILES string of the molecule is CCNC1(CO)CCC(N2CCn3cnnc3C2)C1. The van der Waals surface area contributed by atoms with Gasteiger partial charge in [0.05, 0.1) is 13.2 Å². The number of aromatic nitrogens is 3. The zero-order valence-electron chi connectivity index (χ0n) is 11.5. The number of hydrogen-bond donors (Lipinski definition) is 2. The molecule has 2 aliphatic rings. The van der Waals surface area contributed by atoms with Crippen LogP contribution in [0.5, 0.6) is 0 Å². The van der Waals surface area contributed by atoms with Crippen molar-refractivity contribution in [2.24, 2.45) is 0 Å². The number of likely N-dealkylation sites (N-methyl/N-ethyl adjacent to an activating group) is 1. The quantitative estimate of drug-likeness (QED) is 0.801. The summed E-state index contributed by atoms with van der Waals surface area (Å²) in [7, 11) is 0. The van der Waals surface area contributed by atoms with Gasteiger partial charge >= 0.3 is 0 Å². The molecule has 0 amide bonds. The minimum absolute atomic E-state index is 0.0649. The third kappa shape index (κ3) is 2.40. The fourth-order valence-electron chi connectivity index (χ4n) is 3.54. The summed E-state index contributed by atoms with van der Waals surface area (Å²) in [6.45, 7) is 6.19. The molecule has 1 aromatic heterocycles. The lowest BCUT2D eigenvalue weighted by atomic mass is 9.98. The molecular weight excluding hydrogens is 242 g/mol. The Hall–Kier alpha value is -0.980. The molecule has 1 fully saturated rings.